The third-order valence-corrected chi connectivity index (χ3v) is 5.80. The van der Waals surface area contributed by atoms with Crippen molar-refractivity contribution in [3.05, 3.63) is 53.8 Å². The zero-order valence-corrected chi connectivity index (χ0v) is 17.5. The van der Waals surface area contributed by atoms with E-state index in [-0.39, 0.29) is 12.2 Å². The molecule has 1 atom stereocenters. The number of anilines is 1. The number of ketones is 1. The molecule has 1 N–H and O–H groups in total. The van der Waals surface area contributed by atoms with Crippen LogP contribution in [0.2, 0.25) is 0 Å². The summed E-state index contributed by atoms with van der Waals surface area (Å²) in [6, 6.07) is 12.1. The Labute approximate surface area is 180 Å². The quantitative estimate of drug-likeness (QED) is 0.342. The molecular weight excluding hydrogens is 401 g/mol. The van der Waals surface area contributed by atoms with Crippen LogP contribution in [0.25, 0.3) is 0 Å². The Bertz CT molecular complexity index is 973. The summed E-state index contributed by atoms with van der Waals surface area (Å²) >= 11 is 0. The van der Waals surface area contributed by atoms with Crippen LogP contribution >= 0.6 is 0 Å². The van der Waals surface area contributed by atoms with Crippen LogP contribution in [0.1, 0.15) is 24.8 Å². The number of ether oxygens (including phenoxy) is 2. The molecule has 1 saturated heterocycles. The number of rotatable bonds is 5. The first kappa shape index (κ1) is 21.0. The van der Waals surface area contributed by atoms with Gasteiger partial charge in [-0.2, -0.15) is 0 Å². The summed E-state index contributed by atoms with van der Waals surface area (Å²) in [5.41, 5.74) is 1.30. The minimum atomic E-state index is -0.697. The third-order valence-electron chi connectivity index (χ3n) is 5.80. The minimum Gasteiger partial charge on any atom is -0.486 e. The maximum absolute atomic E-state index is 14.3. The highest BCUT2D eigenvalue weighted by Crippen LogP contribution is 2.39. The maximum atomic E-state index is 14.3. The number of oxime groups is 1. The van der Waals surface area contributed by atoms with Gasteiger partial charge in [0.1, 0.15) is 30.6 Å². The van der Waals surface area contributed by atoms with Crippen molar-refractivity contribution < 1.29 is 23.9 Å². The molecule has 0 aromatic heterocycles. The molecule has 2 aliphatic heterocycles. The minimum absolute atomic E-state index is 0.143. The molecule has 2 heterocycles. The molecule has 2 aromatic carbocycles. The Kier molecular flexibility index (Phi) is 6.25. The zero-order chi connectivity index (χ0) is 21.8. The molecule has 0 bridgehead atoms. The van der Waals surface area contributed by atoms with E-state index in [1.807, 2.05) is 23.1 Å². The van der Waals surface area contributed by atoms with Crippen molar-refractivity contribution in [1.82, 2.24) is 4.90 Å². The summed E-state index contributed by atoms with van der Waals surface area (Å²) in [7, 11) is 0. The Balaban J connectivity index is 1.45. The van der Waals surface area contributed by atoms with Crippen LogP contribution in [0, 0.1) is 5.82 Å². The van der Waals surface area contributed by atoms with E-state index in [9.17, 15) is 14.4 Å². The first-order valence-electron chi connectivity index (χ1n) is 10.4. The predicted octanol–water partition coefficient (Wildman–Crippen LogP) is 3.27. The molecule has 8 heteroatoms. The molecule has 2 aliphatic rings. The number of nitrogens with zero attached hydrogens (tertiary/aromatic N) is 3. The highest BCUT2D eigenvalue weighted by Gasteiger charge is 2.29. The van der Waals surface area contributed by atoms with Gasteiger partial charge in [0.25, 0.3) is 0 Å². The van der Waals surface area contributed by atoms with Crippen molar-refractivity contribution in [3.8, 4) is 11.5 Å². The topological polar surface area (TPSA) is 74.6 Å². The van der Waals surface area contributed by atoms with Gasteiger partial charge in [-0.05, 0) is 30.7 Å². The molecule has 0 saturated carbocycles. The number of hydrogen-bond donors (Lipinski definition) is 1. The van der Waals surface area contributed by atoms with Crippen LogP contribution in [0.15, 0.2) is 47.6 Å². The summed E-state index contributed by atoms with van der Waals surface area (Å²) in [4.78, 5) is 16.4. The van der Waals surface area contributed by atoms with Gasteiger partial charge in [0.05, 0.1) is 11.6 Å². The van der Waals surface area contributed by atoms with E-state index >= 15 is 0 Å². The number of carbonyl (C=O) groups is 1. The van der Waals surface area contributed by atoms with E-state index in [0.29, 0.717) is 50.8 Å². The lowest BCUT2D eigenvalue weighted by atomic mass is 9.91. The van der Waals surface area contributed by atoms with Crippen LogP contribution in [0.5, 0.6) is 11.5 Å². The van der Waals surface area contributed by atoms with Crippen LogP contribution < -0.4 is 14.4 Å². The van der Waals surface area contributed by atoms with Gasteiger partial charge in [0, 0.05) is 32.6 Å². The number of benzene rings is 2. The van der Waals surface area contributed by atoms with E-state index in [1.165, 1.54) is 13.0 Å². The number of halogens is 1. The number of fused-ring (bicyclic) bond motifs is 1. The van der Waals surface area contributed by atoms with Gasteiger partial charge in [0.2, 0.25) is 0 Å². The smallest absolute Gasteiger partial charge is 0.184 e. The molecule has 4 rings (SSSR count). The van der Waals surface area contributed by atoms with Crippen LogP contribution in [-0.2, 0) is 4.79 Å². The van der Waals surface area contributed by atoms with Crippen LogP contribution in [-0.4, -0.2) is 61.1 Å². The number of hydrogen-bond acceptors (Lipinski definition) is 6. The molecule has 1 fully saturated rings. The third kappa shape index (κ3) is 4.42. The first-order valence-corrected chi connectivity index (χ1v) is 10.4. The van der Waals surface area contributed by atoms with E-state index in [0.717, 1.165) is 17.2 Å². The van der Waals surface area contributed by atoms with Gasteiger partial charge in [0.15, 0.2) is 11.5 Å². The molecular formula is C23H26FN3O4. The number of piperazine rings is 1. The molecule has 0 amide bonds. The molecule has 0 aliphatic carbocycles. The second-order valence-electron chi connectivity index (χ2n) is 7.68. The monoisotopic (exact) mass is 427 g/mol. The second-order valence-corrected chi connectivity index (χ2v) is 7.68. The van der Waals surface area contributed by atoms with E-state index in [4.69, 9.17) is 9.47 Å². The summed E-state index contributed by atoms with van der Waals surface area (Å²) in [5, 5.41) is 13.1. The van der Waals surface area contributed by atoms with Gasteiger partial charge < -0.3 is 24.5 Å². The van der Waals surface area contributed by atoms with Gasteiger partial charge in [-0.15, -0.1) is 0 Å². The SMILES string of the molecule is CC(=O)C(C/C(=N/O)N1CCN(c2cccc3c2OCCO3)CC1)c1ccccc1F. The molecule has 0 radical (unpaired) electrons. The summed E-state index contributed by atoms with van der Waals surface area (Å²) in [6.07, 6.45) is 0.143. The van der Waals surface area contributed by atoms with Crippen molar-refractivity contribution in [2.75, 3.05) is 44.3 Å². The standard InChI is InChI=1S/C23H26FN3O4/c1-16(28)18(17-5-2-3-6-19(17)24)15-22(25-29)27-11-9-26(10-12-27)20-7-4-8-21-23(20)31-14-13-30-21/h2-8,18,29H,9-15H2,1H3/b25-22-. The highest BCUT2D eigenvalue weighted by atomic mass is 19.1. The Morgan fingerprint density at radius 1 is 1.10 bits per heavy atom. The Hall–Kier alpha value is -3.29. The molecule has 31 heavy (non-hydrogen) atoms. The fraction of sp³-hybridized carbons (Fsp3) is 0.391. The number of carbonyl (C=O) groups excluding carboxylic acids is 1. The van der Waals surface area contributed by atoms with Crippen molar-refractivity contribution in [2.45, 2.75) is 19.3 Å². The fourth-order valence-corrected chi connectivity index (χ4v) is 4.16. The zero-order valence-electron chi connectivity index (χ0n) is 17.5. The largest absolute Gasteiger partial charge is 0.486 e. The number of para-hydroxylation sites is 1. The van der Waals surface area contributed by atoms with Crippen molar-refractivity contribution in [3.63, 3.8) is 0 Å². The van der Waals surface area contributed by atoms with Crippen molar-refractivity contribution in [1.29, 1.82) is 0 Å². The maximum Gasteiger partial charge on any atom is 0.184 e. The molecule has 0 spiro atoms. The number of amidine groups is 1. The lowest BCUT2D eigenvalue weighted by Crippen LogP contribution is -2.49. The second kappa shape index (κ2) is 9.24. The lowest BCUT2D eigenvalue weighted by molar-refractivity contribution is -0.118. The van der Waals surface area contributed by atoms with E-state index < -0.39 is 11.7 Å². The summed E-state index contributed by atoms with van der Waals surface area (Å²) in [6.45, 7) is 5.07. The van der Waals surface area contributed by atoms with Gasteiger partial charge >= 0.3 is 0 Å². The van der Waals surface area contributed by atoms with Gasteiger partial charge in [-0.25, -0.2) is 4.39 Å². The predicted molar refractivity (Wildman–Crippen MR) is 115 cm³/mol. The summed E-state index contributed by atoms with van der Waals surface area (Å²) in [5.74, 6) is 0.598. The van der Waals surface area contributed by atoms with Gasteiger partial charge in [-0.3, -0.25) is 4.79 Å². The normalized spacial score (nSPS) is 17.4. The Morgan fingerprint density at radius 3 is 2.55 bits per heavy atom. The average Bonchev–Trinajstić information content (AvgIpc) is 2.80. The lowest BCUT2D eigenvalue weighted by Gasteiger charge is -2.38. The summed E-state index contributed by atoms with van der Waals surface area (Å²) < 4.78 is 25.8. The Morgan fingerprint density at radius 2 is 1.84 bits per heavy atom. The van der Waals surface area contributed by atoms with Crippen LogP contribution in [0.4, 0.5) is 10.1 Å². The molecule has 164 valence electrons. The van der Waals surface area contributed by atoms with Gasteiger partial charge in [-0.1, -0.05) is 29.4 Å². The first-order chi connectivity index (χ1) is 15.1. The van der Waals surface area contributed by atoms with Crippen molar-refractivity contribution >= 4 is 17.3 Å². The fourth-order valence-electron chi connectivity index (χ4n) is 4.16. The van der Waals surface area contributed by atoms with Crippen LogP contribution in [0.3, 0.4) is 0 Å². The molecule has 1 unspecified atom stereocenters. The van der Waals surface area contributed by atoms with E-state index in [2.05, 4.69) is 10.1 Å². The number of Topliss-reactive ketones (excluding diaryl/α,β-unsaturated/α-hetero) is 1. The molecule has 7 nitrogen and oxygen atoms in total. The van der Waals surface area contributed by atoms with E-state index in [1.54, 1.807) is 18.2 Å². The van der Waals surface area contributed by atoms with Crippen molar-refractivity contribution in [2.24, 2.45) is 5.16 Å². The average molecular weight is 427 g/mol. The molecule has 2 aromatic rings. The highest BCUT2D eigenvalue weighted by molar-refractivity contribution is 5.91.